The molecule has 0 aliphatic heterocycles. The SMILES string of the molecule is Cc1cc(Cl)cc2sc(N(CCCN(C)C)C(=O)CSc3ccccc3)nc12.Cl. The summed E-state index contributed by atoms with van der Waals surface area (Å²) in [7, 11) is 4.08. The maximum atomic E-state index is 13.1. The Balaban J connectivity index is 0.00000300. The lowest BCUT2D eigenvalue weighted by Gasteiger charge is -2.21. The number of halogens is 2. The molecule has 1 aromatic heterocycles. The summed E-state index contributed by atoms with van der Waals surface area (Å²) in [5.74, 6) is 0.470. The van der Waals surface area contributed by atoms with E-state index in [4.69, 9.17) is 16.6 Å². The molecule has 3 rings (SSSR count). The number of carbonyl (C=O) groups excluding carboxylic acids is 1. The normalized spacial score (nSPS) is 10.9. The molecule has 3 aromatic rings. The number of thiazole rings is 1. The number of thioether (sulfide) groups is 1. The molecule has 156 valence electrons. The highest BCUT2D eigenvalue weighted by molar-refractivity contribution is 8.00. The van der Waals surface area contributed by atoms with Gasteiger partial charge in [-0.2, -0.15) is 0 Å². The monoisotopic (exact) mass is 469 g/mol. The third-order valence-electron chi connectivity index (χ3n) is 4.26. The van der Waals surface area contributed by atoms with E-state index in [0.717, 1.165) is 38.8 Å². The number of hydrogen-bond acceptors (Lipinski definition) is 5. The van der Waals surface area contributed by atoms with E-state index in [9.17, 15) is 4.79 Å². The number of fused-ring (bicyclic) bond motifs is 1. The summed E-state index contributed by atoms with van der Waals surface area (Å²) in [6.07, 6.45) is 0.893. The van der Waals surface area contributed by atoms with Gasteiger partial charge in [-0.25, -0.2) is 4.98 Å². The Bertz CT molecular complexity index is 948. The summed E-state index contributed by atoms with van der Waals surface area (Å²) in [6.45, 7) is 3.57. The lowest BCUT2D eigenvalue weighted by Crippen LogP contribution is -2.34. The van der Waals surface area contributed by atoms with Gasteiger partial charge in [-0.15, -0.1) is 24.2 Å². The Kier molecular flexibility index (Phi) is 9.24. The van der Waals surface area contributed by atoms with Gasteiger partial charge in [-0.1, -0.05) is 41.1 Å². The van der Waals surface area contributed by atoms with E-state index in [0.29, 0.717) is 17.3 Å². The van der Waals surface area contributed by atoms with Gasteiger partial charge in [-0.05, 0) is 63.8 Å². The lowest BCUT2D eigenvalue weighted by atomic mass is 10.2. The van der Waals surface area contributed by atoms with Crippen molar-refractivity contribution in [2.75, 3.05) is 37.8 Å². The van der Waals surface area contributed by atoms with Crippen LogP contribution in [0.1, 0.15) is 12.0 Å². The topological polar surface area (TPSA) is 36.4 Å². The van der Waals surface area contributed by atoms with Gasteiger partial charge in [0.15, 0.2) is 5.13 Å². The van der Waals surface area contributed by atoms with Crippen LogP contribution in [0.15, 0.2) is 47.4 Å². The van der Waals surface area contributed by atoms with Gasteiger partial charge in [0.1, 0.15) is 0 Å². The Hall–Kier alpha value is -1.31. The predicted molar refractivity (Wildman–Crippen MR) is 129 cm³/mol. The maximum absolute atomic E-state index is 13.1. The summed E-state index contributed by atoms with van der Waals surface area (Å²) in [4.78, 5) is 22.9. The standard InChI is InChI=1S/C21H24ClN3OS2.ClH/c1-15-12-16(22)13-18-20(15)23-21(28-18)25(11-7-10-24(2)3)19(26)14-27-17-8-5-4-6-9-17;/h4-6,8-9,12-13H,7,10-11,14H2,1-3H3;1H. The molecular formula is C21H25Cl2N3OS2. The second-order valence-electron chi connectivity index (χ2n) is 6.87. The van der Waals surface area contributed by atoms with Gasteiger partial charge in [0.2, 0.25) is 5.91 Å². The van der Waals surface area contributed by atoms with E-state index in [-0.39, 0.29) is 18.3 Å². The highest BCUT2D eigenvalue weighted by Gasteiger charge is 2.20. The van der Waals surface area contributed by atoms with Crippen molar-refractivity contribution < 1.29 is 4.79 Å². The van der Waals surface area contributed by atoms with Crippen molar-refractivity contribution in [3.63, 3.8) is 0 Å². The Morgan fingerprint density at radius 1 is 1.17 bits per heavy atom. The first kappa shape index (κ1) is 24.0. The van der Waals surface area contributed by atoms with Crippen molar-refractivity contribution in [1.29, 1.82) is 0 Å². The largest absolute Gasteiger partial charge is 0.309 e. The van der Waals surface area contributed by atoms with Gasteiger partial charge in [0.05, 0.1) is 16.0 Å². The summed E-state index contributed by atoms with van der Waals surface area (Å²) in [5.41, 5.74) is 1.95. The average Bonchev–Trinajstić information content (AvgIpc) is 3.08. The van der Waals surface area contributed by atoms with Gasteiger partial charge >= 0.3 is 0 Å². The molecule has 29 heavy (non-hydrogen) atoms. The number of carbonyl (C=O) groups is 1. The molecule has 0 bridgehead atoms. The van der Waals surface area contributed by atoms with Crippen LogP contribution in [0.25, 0.3) is 10.2 Å². The Labute approximate surface area is 191 Å². The molecule has 0 N–H and O–H groups in total. The fraction of sp³-hybridized carbons (Fsp3) is 0.333. The van der Waals surface area contributed by atoms with Crippen molar-refractivity contribution in [2.45, 2.75) is 18.2 Å². The van der Waals surface area contributed by atoms with Crippen LogP contribution in [-0.4, -0.2) is 48.7 Å². The summed E-state index contributed by atoms with van der Waals surface area (Å²) < 4.78 is 1.01. The highest BCUT2D eigenvalue weighted by atomic mass is 35.5. The molecule has 0 atom stereocenters. The average molecular weight is 470 g/mol. The van der Waals surface area contributed by atoms with Gasteiger partial charge in [-0.3, -0.25) is 9.69 Å². The third-order valence-corrected chi connectivity index (χ3v) is 6.50. The molecule has 0 saturated heterocycles. The number of aryl methyl sites for hydroxylation is 1. The van der Waals surface area contributed by atoms with Crippen molar-refractivity contribution in [3.05, 3.63) is 53.1 Å². The second-order valence-corrected chi connectivity index (χ2v) is 9.36. The molecule has 0 saturated carbocycles. The minimum Gasteiger partial charge on any atom is -0.309 e. The summed E-state index contributed by atoms with van der Waals surface area (Å²) in [6, 6.07) is 13.8. The molecule has 0 radical (unpaired) electrons. The minimum absolute atomic E-state index is 0. The smallest absolute Gasteiger partial charge is 0.239 e. The van der Waals surface area contributed by atoms with Crippen LogP contribution in [0, 0.1) is 6.92 Å². The second kappa shape index (κ2) is 11.2. The molecule has 0 unspecified atom stereocenters. The van der Waals surface area contributed by atoms with E-state index in [1.807, 2.05) is 68.4 Å². The number of benzene rings is 2. The molecular weight excluding hydrogens is 445 g/mol. The zero-order valence-electron chi connectivity index (χ0n) is 16.7. The van der Waals surface area contributed by atoms with Crippen molar-refractivity contribution in [1.82, 2.24) is 9.88 Å². The molecule has 1 amide bonds. The molecule has 8 heteroatoms. The van der Waals surface area contributed by atoms with Gasteiger partial charge < -0.3 is 4.90 Å². The quantitative estimate of drug-likeness (QED) is 0.393. The first-order valence-corrected chi connectivity index (χ1v) is 11.3. The van der Waals surface area contributed by atoms with Crippen LogP contribution >= 0.6 is 47.1 Å². The first-order chi connectivity index (χ1) is 13.4. The number of anilines is 1. The number of amides is 1. The van der Waals surface area contributed by atoms with Gasteiger partial charge in [0, 0.05) is 16.5 Å². The van der Waals surface area contributed by atoms with E-state index in [1.165, 1.54) is 11.3 Å². The fourth-order valence-corrected chi connectivity index (χ4v) is 5.13. The van der Waals surface area contributed by atoms with Crippen molar-refractivity contribution >= 4 is 68.4 Å². The maximum Gasteiger partial charge on any atom is 0.239 e. The summed E-state index contributed by atoms with van der Waals surface area (Å²) in [5, 5.41) is 1.45. The highest BCUT2D eigenvalue weighted by Crippen LogP contribution is 2.33. The van der Waals surface area contributed by atoms with Crippen LogP contribution in [0.5, 0.6) is 0 Å². The third kappa shape index (κ3) is 6.59. The van der Waals surface area contributed by atoms with E-state index >= 15 is 0 Å². The number of rotatable bonds is 8. The first-order valence-electron chi connectivity index (χ1n) is 9.13. The Morgan fingerprint density at radius 2 is 1.90 bits per heavy atom. The number of hydrogen-bond donors (Lipinski definition) is 0. The predicted octanol–water partition coefficient (Wildman–Crippen LogP) is 5.76. The number of nitrogens with zero attached hydrogens (tertiary/aromatic N) is 3. The van der Waals surface area contributed by atoms with E-state index < -0.39 is 0 Å². The molecule has 0 aliphatic carbocycles. The van der Waals surface area contributed by atoms with Crippen LogP contribution < -0.4 is 4.90 Å². The molecule has 0 fully saturated rings. The fourth-order valence-electron chi connectivity index (χ4n) is 2.87. The van der Waals surface area contributed by atoms with Crippen molar-refractivity contribution in [2.24, 2.45) is 0 Å². The zero-order valence-corrected chi connectivity index (χ0v) is 19.9. The molecule has 1 heterocycles. The molecule has 2 aromatic carbocycles. The zero-order chi connectivity index (χ0) is 20.1. The minimum atomic E-state index is 0. The summed E-state index contributed by atoms with van der Waals surface area (Å²) >= 11 is 9.29. The lowest BCUT2D eigenvalue weighted by molar-refractivity contribution is -0.116. The van der Waals surface area contributed by atoms with Gasteiger partial charge in [0.25, 0.3) is 0 Å². The molecule has 0 spiro atoms. The number of aromatic nitrogens is 1. The van der Waals surface area contributed by atoms with Crippen LogP contribution in [-0.2, 0) is 4.79 Å². The van der Waals surface area contributed by atoms with Crippen LogP contribution in [0.2, 0.25) is 5.02 Å². The van der Waals surface area contributed by atoms with Crippen LogP contribution in [0.3, 0.4) is 0 Å². The van der Waals surface area contributed by atoms with Crippen LogP contribution in [0.4, 0.5) is 5.13 Å². The Morgan fingerprint density at radius 3 is 2.59 bits per heavy atom. The molecule has 0 aliphatic rings. The van der Waals surface area contributed by atoms with E-state index in [2.05, 4.69) is 4.90 Å². The molecule has 4 nitrogen and oxygen atoms in total. The van der Waals surface area contributed by atoms with E-state index in [1.54, 1.807) is 11.8 Å². The van der Waals surface area contributed by atoms with Crippen molar-refractivity contribution in [3.8, 4) is 0 Å².